The second kappa shape index (κ2) is 31.3. The topological polar surface area (TPSA) is 16.2 Å². The first-order valence-corrected chi connectivity index (χ1v) is 61.8. The lowest BCUT2D eigenvalue weighted by Crippen LogP contribution is -2.52. The zero-order valence-corrected chi connectivity index (χ0v) is 83.4. The lowest BCUT2D eigenvalue weighted by atomic mass is 9.79. The second-order valence-electron chi connectivity index (χ2n) is 44.9. The fourth-order valence-corrected chi connectivity index (χ4v) is 33.5. The predicted molar refractivity (Wildman–Crippen MR) is 524 cm³/mol. The molecule has 5 aliphatic heterocycles. The maximum atomic E-state index is 3.70. The molecule has 5 aromatic rings. The molecule has 5 fully saturated rings. The molecule has 12 heteroatoms. The van der Waals surface area contributed by atoms with Gasteiger partial charge in [-0.1, -0.05) is 348 Å². The molecule has 5 nitrogen and oxygen atoms in total. The minimum absolute atomic E-state index is 0.211. The van der Waals surface area contributed by atoms with E-state index >= 15 is 0 Å². The molecule has 10 aliphatic carbocycles. The summed E-state index contributed by atoms with van der Waals surface area (Å²) in [6.07, 6.45) is 51.0. The number of allylic oxidation sites excluding steroid dienone is 20. The predicted octanol–water partition coefficient (Wildman–Crippen LogP) is 27.8. The van der Waals surface area contributed by atoms with Crippen LogP contribution in [0.3, 0.4) is 0 Å². The van der Waals surface area contributed by atoms with Crippen molar-refractivity contribution < 1.29 is 0 Å². The lowest BCUT2D eigenvalue weighted by molar-refractivity contribution is 0.421. The van der Waals surface area contributed by atoms with Crippen LogP contribution in [0, 0.1) is 88.8 Å². The highest BCUT2D eigenvalue weighted by atomic mass is 79.9. The molecule has 0 aromatic heterocycles. The highest BCUT2D eigenvalue weighted by molar-refractivity contribution is 9.11. The molecule has 0 N–H and O–H groups in total. The van der Waals surface area contributed by atoms with Crippen LogP contribution < -0.4 is 24.2 Å². The van der Waals surface area contributed by atoms with Crippen molar-refractivity contribution in [1.29, 1.82) is 0 Å². The smallest absolute Gasteiger partial charge is 0.147 e. The summed E-state index contributed by atoms with van der Waals surface area (Å²) in [5.74, 6) is 13.7. The van der Waals surface area contributed by atoms with Crippen LogP contribution in [0.15, 0.2) is 226 Å². The highest BCUT2D eigenvalue weighted by Crippen LogP contribution is 2.65. The Labute approximate surface area is 731 Å². The zero-order chi connectivity index (χ0) is 82.9. The van der Waals surface area contributed by atoms with E-state index in [0.717, 1.165) is 0 Å². The van der Waals surface area contributed by atoms with Crippen molar-refractivity contribution in [3.05, 3.63) is 265 Å². The normalized spacial score (nSPS) is 34.4. The standard InChI is InChI=1S/C24H35NSi.C23H33NSi.2C20H26BrNSi.C17H18BrN/c1-16-18-10-8-9-11-19(18)22-20-14-17(24(2,3)4)12-13-21(20)25(23(16)22)15-26(5,6)7;1-15-17-10-8-9-11-18(17)21-19-14-16(23(2,3)4)12-13-20(19)24(22(15)21)25(5,6)7;2*1-13-15-7-5-6-8-16(15)19-17-11-14(21)9-10-18(17)22(20(13)19)12-23(2,3)4;1-10-12-5-3-4-6-13(12)16-14-9-11(18)7-8-15(14)19(2)17(10)16/h8-14,16,18-19,22-23H,15H2,1-7H3;8-15,17-18,21-22H,1-7H3;2*5-11,13,15-16,19-20H,12H2,1-4H3;3-10,12-13,16-17H,1-2H3. The van der Waals surface area contributed by atoms with Crippen LogP contribution in [-0.4, -0.2) is 88.2 Å². The van der Waals surface area contributed by atoms with Crippen molar-refractivity contribution in [3.63, 3.8) is 0 Å². The number of hydrogen-bond acceptors (Lipinski definition) is 5. The van der Waals surface area contributed by atoms with E-state index in [0.29, 0.717) is 149 Å². The Hall–Kier alpha value is -5.19. The number of hydrogen-bond donors (Lipinski definition) is 0. The van der Waals surface area contributed by atoms with Gasteiger partial charge in [-0.25, -0.2) is 0 Å². The maximum absolute atomic E-state index is 3.70. The number of anilines is 5. The molecular formula is C104H138Br3N5Si4. The molecule has 0 bridgehead atoms. The fourth-order valence-electron chi connectivity index (χ4n) is 25.9. The molecule has 116 heavy (non-hydrogen) atoms. The van der Waals surface area contributed by atoms with Crippen molar-refractivity contribution in [2.24, 2.45) is 88.8 Å². The minimum Gasteiger partial charge on any atom is -0.394 e. The van der Waals surface area contributed by atoms with Crippen LogP contribution in [0.4, 0.5) is 28.4 Å². The van der Waals surface area contributed by atoms with Gasteiger partial charge in [-0.3, -0.25) is 0 Å². The Bertz CT molecular complexity index is 4760. The molecule has 0 saturated heterocycles. The van der Waals surface area contributed by atoms with Gasteiger partial charge in [0.1, 0.15) is 8.24 Å². The number of nitrogens with zero attached hydrogens (tertiary/aromatic N) is 5. The first-order chi connectivity index (χ1) is 54.6. The lowest BCUT2D eigenvalue weighted by Gasteiger charge is -2.41. The van der Waals surface area contributed by atoms with Gasteiger partial charge < -0.3 is 24.2 Å². The molecule has 0 amide bonds. The molecule has 616 valence electrons. The monoisotopic (exact) mass is 1810 g/mol. The summed E-state index contributed by atoms with van der Waals surface area (Å²) < 4.78 is 6.52. The average molecular weight is 1810 g/mol. The summed E-state index contributed by atoms with van der Waals surface area (Å²) in [5.41, 5.74) is 18.8. The Morgan fingerprint density at radius 3 is 0.819 bits per heavy atom. The van der Waals surface area contributed by atoms with E-state index in [4.69, 9.17) is 0 Å². The Morgan fingerprint density at radius 2 is 0.517 bits per heavy atom. The number of likely N-dealkylation sites (N-methyl/N-ethyl adjacent to an activating group) is 1. The molecule has 5 aromatic carbocycles. The van der Waals surface area contributed by atoms with Crippen LogP contribution in [-0.2, 0) is 10.8 Å². The van der Waals surface area contributed by atoms with E-state index in [1.54, 1.807) is 22.3 Å². The molecular weight excluding hydrogens is 1670 g/mol. The highest BCUT2D eigenvalue weighted by Gasteiger charge is 2.61. The van der Waals surface area contributed by atoms with E-state index in [2.05, 4.69) is 446 Å². The van der Waals surface area contributed by atoms with Gasteiger partial charge in [0.05, 0.1) is 24.2 Å². The number of halogens is 3. The first-order valence-electron chi connectivity index (χ1n) is 44.8. The largest absolute Gasteiger partial charge is 0.394 e. The van der Waals surface area contributed by atoms with Gasteiger partial charge in [-0.15, -0.1) is 0 Å². The molecule has 0 radical (unpaired) electrons. The molecule has 5 saturated carbocycles. The van der Waals surface area contributed by atoms with Gasteiger partial charge >= 0.3 is 0 Å². The SMILES string of the molecule is CC1C2C=CC=CC2C2c3cc(Br)ccc3N(C)C12.CC1C2C=CC=CC2C2c3cc(Br)ccc3N(C[Si](C)(C)C)C12.CC1C2C=CC=CC2C2c3cc(Br)ccc3N(C[Si](C)(C)C)C12.CC1C2C=CC=CC2C2c3cc(C(C)(C)C)ccc3N(C[Si](C)(C)C)C12.CC1C2C=CC=CC2C2c3cc(C(C)(C)C)ccc3N([Si](C)(C)C)C12. The minimum atomic E-state index is -1.45. The van der Waals surface area contributed by atoms with E-state index in [1.807, 2.05) is 0 Å². The third-order valence-electron chi connectivity index (χ3n) is 30.4. The van der Waals surface area contributed by atoms with Gasteiger partial charge in [-0.05, 0) is 205 Å². The Balaban J connectivity index is 0.000000109. The Kier molecular flexibility index (Phi) is 22.8. The van der Waals surface area contributed by atoms with Gasteiger partial charge in [-0.2, -0.15) is 0 Å². The van der Waals surface area contributed by atoms with Gasteiger partial charge in [0, 0.05) is 127 Å². The summed E-state index contributed by atoms with van der Waals surface area (Å²) in [4.78, 5) is 10.9. The molecule has 25 unspecified atom stereocenters. The summed E-state index contributed by atoms with van der Waals surface area (Å²) in [6.45, 7) is 56.4. The van der Waals surface area contributed by atoms with Crippen LogP contribution in [0.5, 0.6) is 0 Å². The third-order valence-corrected chi connectivity index (χ3v) is 37.7. The molecule has 20 rings (SSSR count). The summed E-state index contributed by atoms with van der Waals surface area (Å²) in [5, 5.41) is 0. The molecule has 15 aliphatic rings. The van der Waals surface area contributed by atoms with Crippen molar-refractivity contribution in [1.82, 2.24) is 0 Å². The van der Waals surface area contributed by atoms with Crippen molar-refractivity contribution in [3.8, 4) is 0 Å². The van der Waals surface area contributed by atoms with Crippen molar-refractivity contribution >= 4 is 109 Å². The maximum Gasteiger partial charge on any atom is 0.147 e. The van der Waals surface area contributed by atoms with E-state index in [1.165, 1.54) is 77.0 Å². The van der Waals surface area contributed by atoms with E-state index < -0.39 is 32.5 Å². The number of fused-ring (bicyclic) bond motifs is 25. The van der Waals surface area contributed by atoms with Crippen molar-refractivity contribution in [2.75, 3.05) is 49.7 Å². The Morgan fingerprint density at radius 1 is 0.284 bits per heavy atom. The van der Waals surface area contributed by atoms with Crippen LogP contribution in [0.1, 0.15) is 145 Å². The fraction of sp³-hybridized carbons (Fsp3) is 0.519. The van der Waals surface area contributed by atoms with Crippen molar-refractivity contribution in [2.45, 2.75) is 225 Å². The number of rotatable bonds is 7. The van der Waals surface area contributed by atoms with Gasteiger partial charge in [0.25, 0.3) is 0 Å². The van der Waals surface area contributed by atoms with Crippen LogP contribution in [0.2, 0.25) is 78.6 Å². The summed E-state index contributed by atoms with van der Waals surface area (Å²) in [6, 6.07) is 38.7. The van der Waals surface area contributed by atoms with E-state index in [9.17, 15) is 0 Å². The number of benzene rings is 5. The summed E-state index contributed by atoms with van der Waals surface area (Å²) >= 11 is 11.0. The van der Waals surface area contributed by atoms with Crippen LogP contribution in [0.25, 0.3) is 0 Å². The average Bonchev–Trinajstić information content (AvgIpc) is 1.57. The van der Waals surface area contributed by atoms with Crippen LogP contribution >= 0.6 is 47.8 Å². The summed E-state index contributed by atoms with van der Waals surface area (Å²) in [7, 11) is -2.70. The first kappa shape index (κ1) is 84.4. The second-order valence-corrected chi connectivity index (χ2v) is 68.8. The van der Waals surface area contributed by atoms with Gasteiger partial charge in [0.2, 0.25) is 0 Å². The molecule has 5 heterocycles. The zero-order valence-electron chi connectivity index (χ0n) is 74.6. The third kappa shape index (κ3) is 15.3. The van der Waals surface area contributed by atoms with E-state index in [-0.39, 0.29) is 10.8 Å². The molecule has 0 spiro atoms. The van der Waals surface area contributed by atoms with Gasteiger partial charge in [0.15, 0.2) is 0 Å². The quantitative estimate of drug-likeness (QED) is 0.151. The molecule has 25 atom stereocenters.